The molecule has 0 saturated carbocycles. The molecule has 4 aromatic rings. The highest BCUT2D eigenvalue weighted by Crippen LogP contribution is 2.43. The van der Waals surface area contributed by atoms with Gasteiger partial charge in [-0.05, 0) is 22.3 Å². The van der Waals surface area contributed by atoms with Crippen LogP contribution in [0, 0.1) is 5.92 Å². The van der Waals surface area contributed by atoms with Gasteiger partial charge < -0.3 is 9.80 Å². The number of β-lactam (4-membered cyclic amide) rings is 1. The minimum absolute atomic E-state index is 0.00125. The number of carbonyl (C=O) groups excluding carboxylic acids is 2. The molecule has 4 aromatic carbocycles. The van der Waals surface area contributed by atoms with E-state index in [2.05, 4.69) is 12.1 Å². The van der Waals surface area contributed by atoms with Gasteiger partial charge in [0, 0.05) is 26.1 Å². The average Bonchev–Trinajstić information content (AvgIpc) is 2.94. The molecule has 1 saturated heterocycles. The van der Waals surface area contributed by atoms with E-state index in [4.69, 9.17) is 0 Å². The lowest BCUT2D eigenvalue weighted by molar-refractivity contribution is -0.162. The second kappa shape index (κ2) is 11.0. The molecule has 5 rings (SSSR count). The summed E-state index contributed by atoms with van der Waals surface area (Å²) < 4.78 is 0. The average molecular weight is 475 g/mol. The Morgan fingerprint density at radius 1 is 0.639 bits per heavy atom. The van der Waals surface area contributed by atoms with E-state index in [1.807, 2.05) is 119 Å². The van der Waals surface area contributed by atoms with Gasteiger partial charge in [-0.2, -0.15) is 0 Å². The zero-order valence-electron chi connectivity index (χ0n) is 20.2. The molecule has 0 radical (unpaired) electrons. The first-order valence-electron chi connectivity index (χ1n) is 12.4. The number of benzene rings is 4. The molecule has 0 unspecified atom stereocenters. The van der Waals surface area contributed by atoms with Gasteiger partial charge in [0.25, 0.3) is 0 Å². The lowest BCUT2D eigenvalue weighted by Crippen LogP contribution is -2.55. The number of rotatable bonds is 9. The van der Waals surface area contributed by atoms with Crippen molar-refractivity contribution >= 4 is 11.8 Å². The maximum atomic E-state index is 13.7. The maximum Gasteiger partial charge on any atom is 0.229 e. The van der Waals surface area contributed by atoms with E-state index in [0.717, 1.165) is 22.3 Å². The molecule has 1 heterocycles. The first-order valence-corrected chi connectivity index (χ1v) is 12.4. The summed E-state index contributed by atoms with van der Waals surface area (Å²) in [5.41, 5.74) is 4.31. The fourth-order valence-electron chi connectivity index (χ4n) is 5.00. The van der Waals surface area contributed by atoms with Crippen LogP contribution in [0.2, 0.25) is 0 Å². The molecular weight excluding hydrogens is 444 g/mol. The number of hydrogen-bond donors (Lipinski definition) is 0. The summed E-state index contributed by atoms with van der Waals surface area (Å²) >= 11 is 0. The molecule has 0 bridgehead atoms. The van der Waals surface area contributed by atoms with Crippen LogP contribution in [0.1, 0.15) is 34.7 Å². The molecular formula is C32H30N2O2. The van der Waals surface area contributed by atoms with Crippen LogP contribution < -0.4 is 0 Å². The zero-order chi connectivity index (χ0) is 24.7. The number of nitrogens with zero attached hydrogens (tertiary/aromatic N) is 2. The van der Waals surface area contributed by atoms with Gasteiger partial charge in [0.1, 0.15) is 0 Å². The fraction of sp³-hybridized carbons (Fsp3) is 0.188. The number of amides is 2. The smallest absolute Gasteiger partial charge is 0.229 e. The Morgan fingerprint density at radius 3 is 1.58 bits per heavy atom. The Kier molecular flexibility index (Phi) is 7.23. The van der Waals surface area contributed by atoms with Crippen LogP contribution in [0.3, 0.4) is 0 Å². The third-order valence-electron chi connectivity index (χ3n) is 6.83. The summed E-state index contributed by atoms with van der Waals surface area (Å²) in [4.78, 5) is 30.9. The summed E-state index contributed by atoms with van der Waals surface area (Å²) in [6.45, 7) is 1.57. The second-order valence-corrected chi connectivity index (χ2v) is 9.34. The Hall–Kier alpha value is -4.18. The molecule has 1 aliphatic rings. The standard InChI is InChI=1S/C32H30N2O2/c35-30(33(22-25-13-5-1-6-14-25)23-26-15-7-2-8-16-26)21-29-31(28-19-11-4-12-20-28)34(32(29)36)24-27-17-9-3-10-18-27/h1-20,29,31H,21-24H2/t29-,31-/m0/s1. The van der Waals surface area contributed by atoms with Crippen molar-refractivity contribution in [3.05, 3.63) is 144 Å². The van der Waals surface area contributed by atoms with Crippen LogP contribution in [0.15, 0.2) is 121 Å². The topological polar surface area (TPSA) is 40.6 Å². The highest BCUT2D eigenvalue weighted by atomic mass is 16.2. The van der Waals surface area contributed by atoms with Gasteiger partial charge in [-0.15, -0.1) is 0 Å². The van der Waals surface area contributed by atoms with Crippen LogP contribution in [0.5, 0.6) is 0 Å². The summed E-state index contributed by atoms with van der Waals surface area (Å²) in [5.74, 6) is -0.320. The highest BCUT2D eigenvalue weighted by molar-refractivity contribution is 5.91. The lowest BCUT2D eigenvalue weighted by atomic mass is 9.79. The first-order chi connectivity index (χ1) is 17.7. The molecule has 2 atom stereocenters. The molecule has 0 aliphatic carbocycles. The van der Waals surface area contributed by atoms with Crippen LogP contribution in [0.25, 0.3) is 0 Å². The predicted molar refractivity (Wildman–Crippen MR) is 141 cm³/mol. The van der Waals surface area contributed by atoms with Crippen molar-refractivity contribution in [2.45, 2.75) is 32.1 Å². The summed E-state index contributed by atoms with van der Waals surface area (Å²) in [7, 11) is 0. The van der Waals surface area contributed by atoms with Gasteiger partial charge in [-0.1, -0.05) is 121 Å². The van der Waals surface area contributed by atoms with E-state index >= 15 is 0 Å². The lowest BCUT2D eigenvalue weighted by Gasteiger charge is -2.48. The van der Waals surface area contributed by atoms with Crippen molar-refractivity contribution in [3.8, 4) is 0 Å². The highest BCUT2D eigenvalue weighted by Gasteiger charge is 2.48. The SMILES string of the molecule is O=C(C[C@@H]1C(=O)N(Cc2ccccc2)[C@H]1c1ccccc1)N(Cc1ccccc1)Cc1ccccc1. The van der Waals surface area contributed by atoms with E-state index in [1.165, 1.54) is 0 Å². The van der Waals surface area contributed by atoms with Crippen molar-refractivity contribution in [2.24, 2.45) is 5.92 Å². The predicted octanol–water partition coefficient (Wildman–Crippen LogP) is 6.01. The maximum absolute atomic E-state index is 13.7. The third kappa shape index (κ3) is 5.38. The molecule has 0 spiro atoms. The molecule has 4 heteroatoms. The molecule has 1 aliphatic heterocycles. The van der Waals surface area contributed by atoms with Crippen LogP contribution in [0.4, 0.5) is 0 Å². The molecule has 0 aromatic heterocycles. The van der Waals surface area contributed by atoms with Crippen molar-refractivity contribution in [2.75, 3.05) is 0 Å². The molecule has 36 heavy (non-hydrogen) atoms. The summed E-state index contributed by atoms with van der Waals surface area (Å²) in [5, 5.41) is 0. The Morgan fingerprint density at radius 2 is 1.08 bits per heavy atom. The van der Waals surface area contributed by atoms with Crippen molar-refractivity contribution < 1.29 is 9.59 Å². The van der Waals surface area contributed by atoms with E-state index in [-0.39, 0.29) is 30.2 Å². The van der Waals surface area contributed by atoms with Gasteiger partial charge >= 0.3 is 0 Å². The summed E-state index contributed by atoms with van der Waals surface area (Å²) in [6, 6.07) is 40.0. The van der Waals surface area contributed by atoms with Gasteiger partial charge in [0.05, 0.1) is 12.0 Å². The molecule has 2 amide bonds. The molecule has 4 nitrogen and oxygen atoms in total. The minimum Gasteiger partial charge on any atom is -0.334 e. The Bertz CT molecular complexity index is 1240. The van der Waals surface area contributed by atoms with Crippen LogP contribution in [-0.4, -0.2) is 21.6 Å². The Balaban J connectivity index is 1.37. The Labute approximate surface area is 212 Å². The first kappa shape index (κ1) is 23.6. The third-order valence-corrected chi connectivity index (χ3v) is 6.83. The van der Waals surface area contributed by atoms with Gasteiger partial charge in [0.15, 0.2) is 0 Å². The second-order valence-electron chi connectivity index (χ2n) is 9.34. The summed E-state index contributed by atoms with van der Waals surface area (Å²) in [6.07, 6.45) is 0.198. The van der Waals surface area contributed by atoms with E-state index < -0.39 is 0 Å². The number of hydrogen-bond acceptors (Lipinski definition) is 2. The van der Waals surface area contributed by atoms with E-state index in [0.29, 0.717) is 19.6 Å². The fourth-order valence-corrected chi connectivity index (χ4v) is 5.00. The normalized spacial score (nSPS) is 16.9. The monoisotopic (exact) mass is 474 g/mol. The van der Waals surface area contributed by atoms with Gasteiger partial charge in [-0.3, -0.25) is 9.59 Å². The van der Waals surface area contributed by atoms with E-state index in [1.54, 1.807) is 0 Å². The van der Waals surface area contributed by atoms with Gasteiger partial charge in [0.2, 0.25) is 11.8 Å². The quantitative estimate of drug-likeness (QED) is 0.279. The van der Waals surface area contributed by atoms with Gasteiger partial charge in [-0.25, -0.2) is 0 Å². The van der Waals surface area contributed by atoms with Crippen LogP contribution >= 0.6 is 0 Å². The van der Waals surface area contributed by atoms with Crippen molar-refractivity contribution in [1.29, 1.82) is 0 Å². The van der Waals surface area contributed by atoms with E-state index in [9.17, 15) is 9.59 Å². The van der Waals surface area contributed by atoms with Crippen molar-refractivity contribution in [3.63, 3.8) is 0 Å². The number of likely N-dealkylation sites (tertiary alicyclic amines) is 1. The van der Waals surface area contributed by atoms with Crippen molar-refractivity contribution in [1.82, 2.24) is 9.80 Å². The molecule has 0 N–H and O–H groups in total. The minimum atomic E-state index is -0.363. The zero-order valence-corrected chi connectivity index (χ0v) is 20.2. The molecule has 1 fully saturated rings. The largest absolute Gasteiger partial charge is 0.334 e. The van der Waals surface area contributed by atoms with Crippen LogP contribution in [-0.2, 0) is 29.2 Å². The number of carbonyl (C=O) groups is 2. The molecule has 180 valence electrons.